The van der Waals surface area contributed by atoms with E-state index in [1.54, 1.807) is 0 Å². The smallest absolute Gasteiger partial charge is 0.217 e. The van der Waals surface area contributed by atoms with E-state index in [2.05, 4.69) is 32.5 Å². The summed E-state index contributed by atoms with van der Waals surface area (Å²) in [5.74, 6) is 1.09. The molecule has 0 aromatic carbocycles. The van der Waals surface area contributed by atoms with Gasteiger partial charge in [0, 0.05) is 44.3 Å². The van der Waals surface area contributed by atoms with Gasteiger partial charge in [0.15, 0.2) is 0 Å². The molecule has 3 aliphatic rings. The van der Waals surface area contributed by atoms with Crippen LogP contribution in [0.4, 0.5) is 0 Å². The zero-order valence-electron chi connectivity index (χ0n) is 18.6. The molecule has 2 heterocycles. The van der Waals surface area contributed by atoms with Gasteiger partial charge in [-0.25, -0.2) is 13.1 Å². The summed E-state index contributed by atoms with van der Waals surface area (Å²) in [4.78, 5) is 2.55. The Labute approximate surface area is 182 Å². The number of piperidine rings is 1. The second-order valence-corrected chi connectivity index (χ2v) is 11.5. The van der Waals surface area contributed by atoms with Crippen LogP contribution in [-0.2, 0) is 10.0 Å². The lowest BCUT2D eigenvalue weighted by Gasteiger charge is -2.46. The summed E-state index contributed by atoms with van der Waals surface area (Å²) in [6.45, 7) is 6.62. The lowest BCUT2D eigenvalue weighted by molar-refractivity contribution is 0.0358. The van der Waals surface area contributed by atoms with Gasteiger partial charge in [0.05, 0.1) is 6.17 Å². The van der Waals surface area contributed by atoms with Crippen LogP contribution in [0.2, 0.25) is 0 Å². The topological polar surface area (TPSA) is 138 Å². The fourth-order valence-corrected chi connectivity index (χ4v) is 6.90. The van der Waals surface area contributed by atoms with Gasteiger partial charge in [-0.05, 0) is 57.7 Å². The van der Waals surface area contributed by atoms with E-state index in [1.807, 2.05) is 7.05 Å². The van der Waals surface area contributed by atoms with Crippen molar-refractivity contribution in [3.8, 4) is 0 Å². The molecule has 10 heteroatoms. The summed E-state index contributed by atoms with van der Waals surface area (Å²) in [7, 11) is -1.65. The number of rotatable bonds is 10. The van der Waals surface area contributed by atoms with E-state index in [9.17, 15) is 8.42 Å². The van der Waals surface area contributed by atoms with Crippen LogP contribution in [-0.4, -0.2) is 89.2 Å². The standard InChI is InChI=1S/C20H43N7O2S/c1-14-12-27(13-14)16-6-7-24-19(8-16)25-11-17(10-22)30(28,29)26-18-5-3-4-15(9-21)20(18)23-2/h14-20,23-26H,3-13,21-22H2,1-2H3. The van der Waals surface area contributed by atoms with Crippen LogP contribution in [0.1, 0.15) is 39.0 Å². The van der Waals surface area contributed by atoms with Gasteiger partial charge >= 0.3 is 0 Å². The third kappa shape index (κ3) is 5.92. The fraction of sp³-hybridized carbons (Fsp3) is 1.00. The van der Waals surface area contributed by atoms with Crippen LogP contribution >= 0.6 is 0 Å². The molecule has 8 N–H and O–H groups in total. The van der Waals surface area contributed by atoms with E-state index in [0.717, 1.165) is 44.6 Å². The number of hydrogen-bond acceptors (Lipinski definition) is 8. The van der Waals surface area contributed by atoms with Gasteiger partial charge in [-0.3, -0.25) is 4.90 Å². The minimum Gasteiger partial charge on any atom is -0.330 e. The predicted molar refractivity (Wildman–Crippen MR) is 121 cm³/mol. The number of nitrogens with two attached hydrogens (primary N) is 2. The molecule has 0 amide bonds. The summed E-state index contributed by atoms with van der Waals surface area (Å²) < 4.78 is 29.2. The van der Waals surface area contributed by atoms with Gasteiger partial charge in [-0.1, -0.05) is 13.3 Å². The lowest BCUT2D eigenvalue weighted by atomic mass is 9.81. The third-order valence-electron chi connectivity index (χ3n) is 7.26. The lowest BCUT2D eigenvalue weighted by Crippen LogP contribution is -2.61. The number of nitrogens with one attached hydrogen (secondary N) is 4. The highest BCUT2D eigenvalue weighted by Gasteiger charge is 2.37. The summed E-state index contributed by atoms with van der Waals surface area (Å²) in [6, 6.07) is 0.504. The molecule has 9 nitrogen and oxygen atoms in total. The monoisotopic (exact) mass is 445 g/mol. The molecule has 0 aromatic heterocycles. The molecule has 0 aromatic rings. The third-order valence-corrected chi connectivity index (χ3v) is 9.13. The van der Waals surface area contributed by atoms with E-state index in [1.165, 1.54) is 13.1 Å². The quantitative estimate of drug-likeness (QED) is 0.241. The summed E-state index contributed by atoms with van der Waals surface area (Å²) in [5.41, 5.74) is 11.8. The molecule has 3 fully saturated rings. The Morgan fingerprint density at radius 2 is 1.97 bits per heavy atom. The molecule has 2 saturated heterocycles. The molecule has 6 unspecified atom stereocenters. The van der Waals surface area contributed by atoms with Gasteiger partial charge in [0.25, 0.3) is 0 Å². The Bertz CT molecular complexity index is 629. The highest BCUT2D eigenvalue weighted by atomic mass is 32.2. The first kappa shape index (κ1) is 24.3. The van der Waals surface area contributed by atoms with Crippen LogP contribution in [0.5, 0.6) is 0 Å². The molecule has 1 aliphatic carbocycles. The first-order chi connectivity index (χ1) is 14.4. The zero-order chi connectivity index (χ0) is 21.7. The largest absolute Gasteiger partial charge is 0.330 e. The van der Waals surface area contributed by atoms with Crippen LogP contribution in [0.15, 0.2) is 0 Å². The van der Waals surface area contributed by atoms with E-state index >= 15 is 0 Å². The van der Waals surface area contributed by atoms with Crippen LogP contribution in [0.25, 0.3) is 0 Å². The van der Waals surface area contributed by atoms with Crippen molar-refractivity contribution in [3.63, 3.8) is 0 Å². The number of hydrogen-bond donors (Lipinski definition) is 6. The predicted octanol–water partition coefficient (Wildman–Crippen LogP) is -1.43. The Balaban J connectivity index is 1.52. The molecular weight excluding hydrogens is 402 g/mol. The van der Waals surface area contributed by atoms with Crippen molar-refractivity contribution >= 4 is 10.0 Å². The molecule has 0 spiro atoms. The van der Waals surface area contributed by atoms with Crippen molar-refractivity contribution < 1.29 is 8.42 Å². The second-order valence-electron chi connectivity index (χ2n) is 9.52. The second kappa shape index (κ2) is 11.0. The molecule has 176 valence electrons. The number of likely N-dealkylation sites (tertiary alicyclic amines) is 1. The summed E-state index contributed by atoms with van der Waals surface area (Å²) >= 11 is 0. The molecule has 3 rings (SSSR count). The average molecular weight is 446 g/mol. The first-order valence-corrected chi connectivity index (χ1v) is 13.2. The Morgan fingerprint density at radius 1 is 1.20 bits per heavy atom. The van der Waals surface area contributed by atoms with Crippen LogP contribution < -0.4 is 32.1 Å². The maximum atomic E-state index is 13.1. The van der Waals surface area contributed by atoms with Crippen LogP contribution in [0.3, 0.4) is 0 Å². The molecule has 0 bridgehead atoms. The average Bonchev–Trinajstić information content (AvgIpc) is 2.71. The Hall–Kier alpha value is -0.330. The van der Waals surface area contributed by atoms with Crippen molar-refractivity contribution in [2.24, 2.45) is 23.3 Å². The molecule has 2 aliphatic heterocycles. The fourth-order valence-electron chi connectivity index (χ4n) is 5.45. The van der Waals surface area contributed by atoms with Crippen molar-refractivity contribution in [1.82, 2.24) is 25.6 Å². The highest BCUT2D eigenvalue weighted by molar-refractivity contribution is 7.90. The zero-order valence-corrected chi connectivity index (χ0v) is 19.5. The van der Waals surface area contributed by atoms with Crippen molar-refractivity contribution in [2.45, 2.75) is 68.6 Å². The van der Waals surface area contributed by atoms with Crippen molar-refractivity contribution in [2.75, 3.05) is 46.3 Å². The molecule has 1 saturated carbocycles. The van der Waals surface area contributed by atoms with Gasteiger partial charge < -0.3 is 27.4 Å². The summed E-state index contributed by atoms with van der Waals surface area (Å²) in [6.07, 6.45) is 5.13. The molecule has 6 atom stereocenters. The van der Waals surface area contributed by atoms with E-state index < -0.39 is 15.3 Å². The normalized spacial score (nSPS) is 35.1. The minimum absolute atomic E-state index is 0.0598. The van der Waals surface area contributed by atoms with E-state index in [-0.39, 0.29) is 24.8 Å². The number of nitrogens with zero attached hydrogens (tertiary/aromatic N) is 1. The van der Waals surface area contributed by atoms with E-state index in [4.69, 9.17) is 11.5 Å². The number of likely N-dealkylation sites (N-methyl/N-ethyl adjacent to an activating group) is 1. The molecule has 30 heavy (non-hydrogen) atoms. The van der Waals surface area contributed by atoms with Crippen molar-refractivity contribution in [1.29, 1.82) is 0 Å². The Morgan fingerprint density at radius 3 is 2.60 bits per heavy atom. The molecular formula is C20H43N7O2S. The van der Waals surface area contributed by atoms with Gasteiger partial charge in [0.2, 0.25) is 10.0 Å². The van der Waals surface area contributed by atoms with E-state index in [0.29, 0.717) is 25.0 Å². The molecule has 0 radical (unpaired) electrons. The SMILES string of the molecule is CNC1C(CN)CCCC1NS(=O)(=O)C(CN)CNC1CC(N2CC(C)C2)CCN1. The van der Waals surface area contributed by atoms with Gasteiger partial charge in [0.1, 0.15) is 5.25 Å². The minimum atomic E-state index is -3.53. The maximum absolute atomic E-state index is 13.1. The maximum Gasteiger partial charge on any atom is 0.217 e. The summed E-state index contributed by atoms with van der Waals surface area (Å²) in [5, 5.41) is 9.55. The van der Waals surface area contributed by atoms with Gasteiger partial charge in [-0.15, -0.1) is 0 Å². The Kier molecular flexibility index (Phi) is 8.92. The first-order valence-electron chi connectivity index (χ1n) is 11.7. The van der Waals surface area contributed by atoms with Gasteiger partial charge in [-0.2, -0.15) is 0 Å². The highest BCUT2D eigenvalue weighted by Crippen LogP contribution is 2.25. The van der Waals surface area contributed by atoms with Crippen LogP contribution in [0, 0.1) is 11.8 Å². The van der Waals surface area contributed by atoms with Crippen molar-refractivity contribution in [3.05, 3.63) is 0 Å². The number of sulfonamides is 1.